The third-order valence-corrected chi connectivity index (χ3v) is 6.62. The molecule has 3 aromatic heterocycles. The maximum atomic E-state index is 12.1. The fourth-order valence-corrected chi connectivity index (χ4v) is 4.62. The first-order valence-electron chi connectivity index (χ1n) is 9.82. The number of carbonyl (C=O) groups is 1. The molecule has 0 fully saturated rings. The number of imidazole rings is 1. The van der Waals surface area contributed by atoms with Gasteiger partial charge in [-0.05, 0) is 34.1 Å². The molecule has 0 bridgehead atoms. The van der Waals surface area contributed by atoms with Crippen molar-refractivity contribution in [3.05, 3.63) is 66.1 Å². The second kappa shape index (κ2) is 10.8. The van der Waals surface area contributed by atoms with Gasteiger partial charge >= 0.3 is 0 Å². The molecule has 0 radical (unpaired) electrons. The third kappa shape index (κ3) is 6.11. The van der Waals surface area contributed by atoms with Gasteiger partial charge in [-0.1, -0.05) is 41.1 Å². The van der Waals surface area contributed by atoms with Gasteiger partial charge in [-0.15, -0.1) is 0 Å². The molecule has 0 atom stereocenters. The van der Waals surface area contributed by atoms with Gasteiger partial charge in [-0.25, -0.2) is 9.97 Å². The van der Waals surface area contributed by atoms with Crippen molar-refractivity contribution in [2.45, 2.75) is 24.6 Å². The van der Waals surface area contributed by atoms with Gasteiger partial charge in [-0.2, -0.15) is 9.97 Å². The fourth-order valence-electron chi connectivity index (χ4n) is 2.75. The Morgan fingerprint density at radius 3 is 2.75 bits per heavy atom. The van der Waals surface area contributed by atoms with Crippen molar-refractivity contribution in [3.63, 3.8) is 0 Å². The van der Waals surface area contributed by atoms with Crippen LogP contribution in [-0.2, 0) is 17.9 Å². The highest BCUT2D eigenvalue weighted by molar-refractivity contribution is 8.76. The van der Waals surface area contributed by atoms with Crippen molar-refractivity contribution in [3.8, 4) is 5.88 Å². The molecule has 9 nitrogen and oxygen atoms in total. The van der Waals surface area contributed by atoms with Crippen LogP contribution in [0.2, 0.25) is 0 Å². The first-order valence-corrected chi connectivity index (χ1v) is 12.1. The van der Waals surface area contributed by atoms with Gasteiger partial charge in [0.2, 0.25) is 17.7 Å². The predicted molar refractivity (Wildman–Crippen MR) is 126 cm³/mol. The van der Waals surface area contributed by atoms with E-state index in [1.165, 1.54) is 6.33 Å². The Morgan fingerprint density at radius 2 is 1.94 bits per heavy atom. The molecule has 1 aromatic carbocycles. The topological polar surface area (TPSA) is 132 Å². The largest absolute Gasteiger partial charge is 0.471 e. The Morgan fingerprint density at radius 1 is 1.09 bits per heavy atom. The highest BCUT2D eigenvalue weighted by atomic mass is 33.1. The first kappa shape index (κ1) is 21.9. The molecule has 0 saturated carbocycles. The molecule has 4 aromatic rings. The molecule has 164 valence electrons. The first-order chi connectivity index (χ1) is 15.7. The lowest BCUT2D eigenvalue weighted by Gasteiger charge is -2.08. The van der Waals surface area contributed by atoms with Crippen molar-refractivity contribution in [2.24, 2.45) is 0 Å². The van der Waals surface area contributed by atoms with Crippen LogP contribution in [0.1, 0.15) is 17.5 Å². The van der Waals surface area contributed by atoms with Gasteiger partial charge in [-0.3, -0.25) is 4.79 Å². The number of hydrogen-bond acceptors (Lipinski definition) is 9. The summed E-state index contributed by atoms with van der Waals surface area (Å²) in [5.41, 5.74) is 8.75. The number of nitrogen functional groups attached to an aromatic ring is 1. The van der Waals surface area contributed by atoms with Crippen LogP contribution in [0, 0.1) is 0 Å². The van der Waals surface area contributed by atoms with E-state index in [1.54, 1.807) is 27.8 Å². The highest BCUT2D eigenvalue weighted by Crippen LogP contribution is 2.29. The summed E-state index contributed by atoms with van der Waals surface area (Å²) in [6, 6.07) is 13.6. The lowest BCUT2D eigenvalue weighted by atomic mass is 10.1. The summed E-state index contributed by atoms with van der Waals surface area (Å²) >= 11 is 0. The molecule has 1 amide bonds. The average molecular weight is 468 g/mol. The molecule has 11 heteroatoms. The maximum absolute atomic E-state index is 12.1. The Kier molecular flexibility index (Phi) is 7.41. The van der Waals surface area contributed by atoms with E-state index in [4.69, 9.17) is 10.5 Å². The van der Waals surface area contributed by atoms with E-state index in [2.05, 4.69) is 30.2 Å². The SMILES string of the molecule is Nc1nc(OCc2ccc(CNC(=O)CCSSc3ccccn3)cc2)c2[nH]cnc2n1. The highest BCUT2D eigenvalue weighted by Gasteiger charge is 2.10. The van der Waals surface area contributed by atoms with Crippen molar-refractivity contribution < 1.29 is 9.53 Å². The van der Waals surface area contributed by atoms with Crippen molar-refractivity contribution in [1.29, 1.82) is 0 Å². The predicted octanol–water partition coefficient (Wildman–Crippen LogP) is 3.36. The van der Waals surface area contributed by atoms with Gasteiger partial charge < -0.3 is 20.8 Å². The van der Waals surface area contributed by atoms with Crippen molar-refractivity contribution >= 4 is 44.6 Å². The second-order valence-electron chi connectivity index (χ2n) is 6.69. The molecular formula is C21H21N7O2S2. The van der Waals surface area contributed by atoms with E-state index in [9.17, 15) is 4.79 Å². The number of rotatable bonds is 10. The quantitative estimate of drug-likeness (QED) is 0.237. The number of aromatic amines is 1. The molecule has 0 aliphatic carbocycles. The number of anilines is 1. The van der Waals surface area contributed by atoms with Crippen LogP contribution < -0.4 is 15.8 Å². The van der Waals surface area contributed by atoms with E-state index < -0.39 is 0 Å². The van der Waals surface area contributed by atoms with E-state index in [1.807, 2.05) is 42.5 Å². The lowest BCUT2D eigenvalue weighted by molar-refractivity contribution is -0.120. The van der Waals surface area contributed by atoms with Crippen molar-refractivity contribution in [2.75, 3.05) is 11.5 Å². The molecule has 3 heterocycles. The summed E-state index contributed by atoms with van der Waals surface area (Å²) < 4.78 is 5.79. The number of benzene rings is 1. The molecule has 0 spiro atoms. The normalized spacial score (nSPS) is 10.9. The van der Waals surface area contributed by atoms with Gasteiger partial charge in [0.15, 0.2) is 5.65 Å². The fraction of sp³-hybridized carbons (Fsp3) is 0.190. The average Bonchev–Trinajstić information content (AvgIpc) is 3.29. The number of carbonyl (C=O) groups excluding carboxylic acids is 1. The van der Waals surface area contributed by atoms with Gasteiger partial charge in [0.1, 0.15) is 17.1 Å². The minimum absolute atomic E-state index is 0.0245. The number of pyridine rings is 1. The molecule has 4 N–H and O–H groups in total. The summed E-state index contributed by atoms with van der Waals surface area (Å²) in [6.07, 6.45) is 3.74. The molecule has 0 aliphatic heterocycles. The molecular weight excluding hydrogens is 446 g/mol. The van der Waals surface area contributed by atoms with Crippen LogP contribution in [-0.4, -0.2) is 36.6 Å². The van der Waals surface area contributed by atoms with Gasteiger partial charge in [0, 0.05) is 24.9 Å². The number of H-pyrrole nitrogens is 1. The maximum Gasteiger partial charge on any atom is 0.245 e. The van der Waals surface area contributed by atoms with Crippen LogP contribution >= 0.6 is 21.6 Å². The Balaban J connectivity index is 1.19. The monoisotopic (exact) mass is 467 g/mol. The van der Waals surface area contributed by atoms with E-state index in [0.717, 1.165) is 21.9 Å². The van der Waals surface area contributed by atoms with E-state index in [0.29, 0.717) is 36.6 Å². The van der Waals surface area contributed by atoms with Crippen LogP contribution in [0.15, 0.2) is 60.0 Å². The Labute approximate surface area is 192 Å². The number of nitrogens with one attached hydrogen (secondary N) is 2. The smallest absolute Gasteiger partial charge is 0.245 e. The van der Waals surface area contributed by atoms with Crippen molar-refractivity contribution in [1.82, 2.24) is 30.2 Å². The standard InChI is InChI=1S/C21H21N7O2S2/c22-21-27-19-18(25-13-26-19)20(28-21)30-12-15-6-4-14(5-7-15)11-24-16(29)8-10-31-32-17-3-1-2-9-23-17/h1-7,9,13H,8,10-12H2,(H,24,29)(H3,22,25,26,27,28). The summed E-state index contributed by atoms with van der Waals surface area (Å²) in [7, 11) is 3.20. The molecule has 4 rings (SSSR count). The summed E-state index contributed by atoms with van der Waals surface area (Å²) in [4.78, 5) is 31.5. The van der Waals surface area contributed by atoms with Crippen LogP contribution in [0.25, 0.3) is 11.2 Å². The zero-order valence-electron chi connectivity index (χ0n) is 17.0. The minimum Gasteiger partial charge on any atom is -0.471 e. The third-order valence-electron chi connectivity index (χ3n) is 4.35. The number of amides is 1. The summed E-state index contributed by atoms with van der Waals surface area (Å²) in [5, 5.41) is 3.89. The molecule has 32 heavy (non-hydrogen) atoms. The number of nitrogens with two attached hydrogens (primary N) is 1. The zero-order chi connectivity index (χ0) is 22.2. The summed E-state index contributed by atoms with van der Waals surface area (Å²) in [5.74, 6) is 1.22. The molecule has 0 unspecified atom stereocenters. The van der Waals surface area contributed by atoms with Gasteiger partial charge in [0.05, 0.1) is 6.33 Å². The number of nitrogens with zero attached hydrogens (tertiary/aromatic N) is 4. The minimum atomic E-state index is 0.0245. The number of fused-ring (bicyclic) bond motifs is 1. The molecule has 0 saturated heterocycles. The number of ether oxygens (including phenoxy) is 1. The Bertz CT molecular complexity index is 1170. The Hall–Kier alpha value is -3.31. The molecule has 0 aliphatic rings. The summed E-state index contributed by atoms with van der Waals surface area (Å²) in [6.45, 7) is 0.803. The lowest BCUT2D eigenvalue weighted by Crippen LogP contribution is -2.22. The number of hydrogen-bond donors (Lipinski definition) is 3. The van der Waals surface area contributed by atoms with Gasteiger partial charge in [0.25, 0.3) is 0 Å². The number of aromatic nitrogens is 5. The van der Waals surface area contributed by atoms with Crippen LogP contribution in [0.3, 0.4) is 0 Å². The van der Waals surface area contributed by atoms with E-state index in [-0.39, 0.29) is 11.9 Å². The van der Waals surface area contributed by atoms with E-state index >= 15 is 0 Å². The van der Waals surface area contributed by atoms with Crippen LogP contribution in [0.5, 0.6) is 5.88 Å². The second-order valence-corrected chi connectivity index (χ2v) is 9.13. The van der Waals surface area contributed by atoms with Crippen LogP contribution in [0.4, 0.5) is 5.95 Å². The zero-order valence-corrected chi connectivity index (χ0v) is 18.7.